The third-order valence-electron chi connectivity index (χ3n) is 3.69. The number of ether oxygens (including phenoxy) is 1. The number of carbonyl (C=O) groups is 2. The van der Waals surface area contributed by atoms with Crippen LogP contribution in [-0.2, 0) is 11.3 Å². The predicted octanol–water partition coefficient (Wildman–Crippen LogP) is 4.60. The summed E-state index contributed by atoms with van der Waals surface area (Å²) in [6, 6.07) is 16.3. The molecule has 0 saturated heterocycles. The molecule has 2 aromatic carbocycles. The minimum atomic E-state index is -0.532. The fourth-order valence-corrected chi connectivity index (χ4v) is 3.80. The summed E-state index contributed by atoms with van der Waals surface area (Å²) in [4.78, 5) is 25.5. The van der Waals surface area contributed by atoms with Gasteiger partial charge in [0.2, 0.25) is 0 Å². The molecule has 0 radical (unpaired) electrons. The van der Waals surface area contributed by atoms with Gasteiger partial charge in [0, 0.05) is 4.88 Å². The number of hydrogen-bond acceptors (Lipinski definition) is 4. The summed E-state index contributed by atoms with van der Waals surface area (Å²) in [7, 11) is 0. The lowest BCUT2D eigenvalue weighted by molar-refractivity contribution is -0.118. The number of hydrogen-bond donors (Lipinski definition) is 2. The zero-order valence-corrected chi connectivity index (χ0v) is 17.0. The second-order valence-corrected chi connectivity index (χ2v) is 8.25. The van der Waals surface area contributed by atoms with Gasteiger partial charge < -0.3 is 15.4 Å². The van der Waals surface area contributed by atoms with E-state index in [0.29, 0.717) is 12.1 Å². The van der Waals surface area contributed by atoms with Crippen LogP contribution in [0.4, 0.5) is 10.1 Å². The van der Waals surface area contributed by atoms with Crippen molar-refractivity contribution >= 4 is 44.8 Å². The smallest absolute Gasteiger partial charge is 0.262 e. The van der Waals surface area contributed by atoms with Crippen molar-refractivity contribution in [3.05, 3.63) is 80.7 Å². The molecule has 1 aromatic heterocycles. The number of para-hydroxylation sites is 2. The summed E-state index contributed by atoms with van der Waals surface area (Å²) in [5.74, 6) is -1.09. The highest BCUT2D eigenvalue weighted by atomic mass is 79.9. The zero-order chi connectivity index (χ0) is 19.9. The van der Waals surface area contributed by atoms with Gasteiger partial charge in [-0.15, -0.1) is 11.3 Å². The molecule has 0 unspecified atom stereocenters. The first-order chi connectivity index (χ1) is 13.5. The quantitative estimate of drug-likeness (QED) is 0.539. The van der Waals surface area contributed by atoms with Crippen LogP contribution in [0.25, 0.3) is 0 Å². The van der Waals surface area contributed by atoms with Crippen LogP contribution in [0.3, 0.4) is 0 Å². The summed E-state index contributed by atoms with van der Waals surface area (Å²) in [6.07, 6.45) is 0. The van der Waals surface area contributed by atoms with Gasteiger partial charge in [-0.1, -0.05) is 24.3 Å². The van der Waals surface area contributed by atoms with Crippen molar-refractivity contribution < 1.29 is 18.7 Å². The first-order valence-electron chi connectivity index (χ1n) is 8.31. The van der Waals surface area contributed by atoms with Crippen LogP contribution < -0.4 is 15.4 Å². The van der Waals surface area contributed by atoms with E-state index < -0.39 is 11.7 Å². The molecule has 0 bridgehead atoms. The van der Waals surface area contributed by atoms with E-state index in [1.165, 1.54) is 29.5 Å². The fraction of sp³-hybridized carbons (Fsp3) is 0.100. The van der Waals surface area contributed by atoms with Gasteiger partial charge in [0.25, 0.3) is 11.8 Å². The maximum atomic E-state index is 13.6. The third-order valence-corrected chi connectivity index (χ3v) is 5.31. The molecule has 0 atom stereocenters. The molecule has 0 saturated carbocycles. The number of benzene rings is 2. The van der Waals surface area contributed by atoms with Crippen LogP contribution in [-0.4, -0.2) is 18.4 Å². The van der Waals surface area contributed by atoms with Crippen LogP contribution >= 0.6 is 27.3 Å². The average molecular weight is 463 g/mol. The molecular formula is C20H16BrFN2O3S. The topological polar surface area (TPSA) is 67.4 Å². The minimum absolute atomic E-state index is 0.0734. The standard InChI is InChI=1S/C20H16BrFN2O3S/c21-18-10-9-13(28-18)11-23-20(26)14-5-1-4-8-17(14)27-12-19(25)24-16-7-3-2-6-15(16)22/h1-10H,11-12H2,(H,23,26)(H,24,25). The van der Waals surface area contributed by atoms with Gasteiger partial charge in [-0.2, -0.15) is 0 Å². The van der Waals surface area contributed by atoms with Crippen LogP contribution in [0.5, 0.6) is 5.75 Å². The monoisotopic (exact) mass is 462 g/mol. The summed E-state index contributed by atoms with van der Waals surface area (Å²) < 4.78 is 20.1. The Morgan fingerprint density at radius 1 is 1.04 bits per heavy atom. The Morgan fingerprint density at radius 2 is 1.79 bits per heavy atom. The summed E-state index contributed by atoms with van der Waals surface area (Å²) >= 11 is 4.91. The molecule has 0 aliphatic carbocycles. The summed E-state index contributed by atoms with van der Waals surface area (Å²) in [6.45, 7) is 0.0354. The lowest BCUT2D eigenvalue weighted by Crippen LogP contribution is -2.25. The van der Waals surface area contributed by atoms with E-state index in [9.17, 15) is 14.0 Å². The predicted molar refractivity (Wildman–Crippen MR) is 110 cm³/mol. The largest absolute Gasteiger partial charge is 0.483 e. The maximum Gasteiger partial charge on any atom is 0.262 e. The van der Waals surface area contributed by atoms with E-state index in [1.807, 2.05) is 12.1 Å². The van der Waals surface area contributed by atoms with Gasteiger partial charge in [0.05, 0.1) is 21.6 Å². The van der Waals surface area contributed by atoms with Crippen molar-refractivity contribution in [3.8, 4) is 5.75 Å². The van der Waals surface area contributed by atoms with E-state index in [1.54, 1.807) is 30.3 Å². The van der Waals surface area contributed by atoms with Crippen molar-refractivity contribution in [2.75, 3.05) is 11.9 Å². The van der Waals surface area contributed by atoms with E-state index >= 15 is 0 Å². The van der Waals surface area contributed by atoms with Crippen LogP contribution in [0.15, 0.2) is 64.5 Å². The van der Waals surface area contributed by atoms with Crippen LogP contribution in [0.1, 0.15) is 15.2 Å². The highest BCUT2D eigenvalue weighted by Crippen LogP contribution is 2.22. The number of rotatable bonds is 7. The molecule has 5 nitrogen and oxygen atoms in total. The summed E-state index contributed by atoms with van der Waals surface area (Å²) in [5.41, 5.74) is 0.390. The Bertz CT molecular complexity index is 993. The number of halogens is 2. The fourth-order valence-electron chi connectivity index (χ4n) is 2.38. The molecule has 3 aromatic rings. The average Bonchev–Trinajstić information content (AvgIpc) is 3.12. The Balaban J connectivity index is 1.59. The Morgan fingerprint density at radius 3 is 2.54 bits per heavy atom. The van der Waals surface area contributed by atoms with Gasteiger partial charge in [-0.25, -0.2) is 4.39 Å². The molecule has 28 heavy (non-hydrogen) atoms. The number of carbonyl (C=O) groups excluding carboxylic acids is 2. The Labute approximate surface area is 173 Å². The van der Waals surface area contributed by atoms with Gasteiger partial charge in [-0.3, -0.25) is 9.59 Å². The van der Waals surface area contributed by atoms with E-state index in [0.717, 1.165) is 8.66 Å². The van der Waals surface area contributed by atoms with Crippen molar-refractivity contribution in [2.45, 2.75) is 6.54 Å². The third kappa shape index (κ3) is 5.40. The van der Waals surface area contributed by atoms with Crippen LogP contribution in [0, 0.1) is 5.82 Å². The molecule has 0 aliphatic heterocycles. The lowest BCUT2D eigenvalue weighted by atomic mass is 10.2. The summed E-state index contributed by atoms with van der Waals surface area (Å²) in [5, 5.41) is 5.26. The molecule has 0 aliphatic rings. The lowest BCUT2D eigenvalue weighted by Gasteiger charge is -2.12. The first kappa shape index (κ1) is 20.0. The second kappa shape index (κ2) is 9.48. The number of nitrogens with one attached hydrogen (secondary N) is 2. The molecule has 3 rings (SSSR count). The van der Waals surface area contributed by atoms with E-state index in [2.05, 4.69) is 26.6 Å². The molecule has 144 valence electrons. The molecule has 2 N–H and O–H groups in total. The van der Waals surface area contributed by atoms with Crippen LogP contribution in [0.2, 0.25) is 0 Å². The highest BCUT2D eigenvalue weighted by Gasteiger charge is 2.14. The van der Waals surface area contributed by atoms with E-state index in [4.69, 9.17) is 4.74 Å². The van der Waals surface area contributed by atoms with Gasteiger partial charge in [0.15, 0.2) is 6.61 Å². The number of amides is 2. The number of thiophene rings is 1. The maximum absolute atomic E-state index is 13.6. The molecule has 2 amide bonds. The Hall–Kier alpha value is -2.71. The minimum Gasteiger partial charge on any atom is -0.483 e. The number of anilines is 1. The first-order valence-corrected chi connectivity index (χ1v) is 9.92. The SMILES string of the molecule is O=C(COc1ccccc1C(=O)NCc1ccc(Br)s1)Nc1ccccc1F. The molecule has 0 spiro atoms. The van der Waals surface area contributed by atoms with Crippen molar-refractivity contribution in [1.29, 1.82) is 0 Å². The van der Waals surface area contributed by atoms with Crippen molar-refractivity contribution in [3.63, 3.8) is 0 Å². The van der Waals surface area contributed by atoms with Gasteiger partial charge >= 0.3 is 0 Å². The van der Waals surface area contributed by atoms with E-state index in [-0.39, 0.29) is 24.0 Å². The highest BCUT2D eigenvalue weighted by molar-refractivity contribution is 9.11. The van der Waals surface area contributed by atoms with Gasteiger partial charge in [-0.05, 0) is 52.3 Å². The van der Waals surface area contributed by atoms with Crippen molar-refractivity contribution in [2.24, 2.45) is 0 Å². The zero-order valence-electron chi connectivity index (χ0n) is 14.6. The molecule has 0 fully saturated rings. The molecule has 1 heterocycles. The van der Waals surface area contributed by atoms with Crippen molar-refractivity contribution in [1.82, 2.24) is 5.32 Å². The second-order valence-electron chi connectivity index (χ2n) is 5.70. The Kier molecular flexibility index (Phi) is 6.78. The molecule has 8 heteroatoms. The normalized spacial score (nSPS) is 10.4. The van der Waals surface area contributed by atoms with Gasteiger partial charge in [0.1, 0.15) is 11.6 Å². The molecular weight excluding hydrogens is 447 g/mol.